The lowest BCUT2D eigenvalue weighted by Gasteiger charge is -2.46. The first kappa shape index (κ1) is 9.92. The first-order chi connectivity index (χ1) is 5.47. The minimum Gasteiger partial charge on any atom is -0.314 e. The third kappa shape index (κ3) is 1.61. The Morgan fingerprint density at radius 3 is 2.25 bits per heavy atom. The molecule has 1 heterocycles. The van der Waals surface area contributed by atoms with E-state index in [9.17, 15) is 10.4 Å². The highest BCUT2D eigenvalue weighted by molar-refractivity contribution is 4.90. The molecule has 0 spiro atoms. The molecular formula is C8H18N2O2. The summed E-state index contributed by atoms with van der Waals surface area (Å²) in [5, 5.41) is 21.5. The second-order valence-corrected chi connectivity index (χ2v) is 4.02. The van der Waals surface area contributed by atoms with Crippen LogP contribution >= 0.6 is 0 Å². The summed E-state index contributed by atoms with van der Waals surface area (Å²) in [6.07, 6.45) is 0. The van der Waals surface area contributed by atoms with Crippen LogP contribution in [-0.4, -0.2) is 45.7 Å². The second kappa shape index (κ2) is 3.30. The van der Waals surface area contributed by atoms with E-state index >= 15 is 0 Å². The summed E-state index contributed by atoms with van der Waals surface area (Å²) >= 11 is 0. The van der Waals surface area contributed by atoms with Crippen LogP contribution in [-0.2, 0) is 0 Å². The molecule has 2 N–H and O–H groups in total. The van der Waals surface area contributed by atoms with Crippen LogP contribution in [0.3, 0.4) is 0 Å². The largest absolute Gasteiger partial charge is 0.314 e. The maximum Gasteiger partial charge on any atom is 0.0605 e. The maximum absolute atomic E-state index is 9.61. The van der Waals surface area contributed by atoms with E-state index in [4.69, 9.17) is 0 Å². The Bertz CT molecular complexity index is 163. The molecule has 0 aromatic rings. The van der Waals surface area contributed by atoms with Crippen molar-refractivity contribution in [1.29, 1.82) is 0 Å². The van der Waals surface area contributed by atoms with Crippen molar-refractivity contribution in [3.05, 3.63) is 0 Å². The number of hydrogen-bond acceptors (Lipinski definition) is 4. The van der Waals surface area contributed by atoms with E-state index in [1.165, 1.54) is 10.1 Å². The van der Waals surface area contributed by atoms with Gasteiger partial charge in [0, 0.05) is 19.6 Å². The van der Waals surface area contributed by atoms with Crippen molar-refractivity contribution in [2.45, 2.75) is 26.3 Å². The third-order valence-electron chi connectivity index (χ3n) is 2.91. The van der Waals surface area contributed by atoms with E-state index in [1.54, 1.807) is 0 Å². The van der Waals surface area contributed by atoms with Crippen molar-refractivity contribution in [3.8, 4) is 0 Å². The molecule has 0 aliphatic carbocycles. The summed E-state index contributed by atoms with van der Waals surface area (Å²) in [4.78, 5) is 0. The van der Waals surface area contributed by atoms with Gasteiger partial charge in [0.25, 0.3) is 0 Å². The second-order valence-electron chi connectivity index (χ2n) is 4.02. The van der Waals surface area contributed by atoms with Gasteiger partial charge in [-0.25, -0.2) is 0 Å². The maximum atomic E-state index is 9.61. The number of hydroxylamine groups is 4. The van der Waals surface area contributed by atoms with Gasteiger partial charge in [0.15, 0.2) is 0 Å². The minimum atomic E-state index is -0.326. The molecule has 1 fully saturated rings. The number of rotatable bonds is 1. The molecule has 0 amide bonds. The zero-order chi connectivity index (χ0) is 9.35. The molecule has 1 saturated heterocycles. The Morgan fingerprint density at radius 1 is 1.25 bits per heavy atom. The van der Waals surface area contributed by atoms with Crippen molar-refractivity contribution in [2.75, 3.05) is 19.6 Å². The normalized spacial score (nSPS) is 34.5. The Hall–Kier alpha value is -0.160. The van der Waals surface area contributed by atoms with Crippen LogP contribution < -0.4 is 0 Å². The molecule has 12 heavy (non-hydrogen) atoms. The Kier molecular flexibility index (Phi) is 2.73. The zero-order valence-corrected chi connectivity index (χ0v) is 7.99. The van der Waals surface area contributed by atoms with E-state index in [0.29, 0.717) is 25.6 Å². The van der Waals surface area contributed by atoms with Crippen molar-refractivity contribution < 1.29 is 10.4 Å². The number of nitrogens with zero attached hydrogens (tertiary/aromatic N) is 2. The fourth-order valence-corrected chi connectivity index (χ4v) is 1.48. The summed E-state index contributed by atoms with van der Waals surface area (Å²) in [6, 6.07) is 0. The first-order valence-corrected chi connectivity index (χ1v) is 4.37. The van der Waals surface area contributed by atoms with Crippen LogP contribution in [0.1, 0.15) is 20.8 Å². The monoisotopic (exact) mass is 174 g/mol. The van der Waals surface area contributed by atoms with Crippen LogP contribution in [0.5, 0.6) is 0 Å². The van der Waals surface area contributed by atoms with Gasteiger partial charge >= 0.3 is 0 Å². The van der Waals surface area contributed by atoms with Gasteiger partial charge in [-0.3, -0.25) is 0 Å². The Morgan fingerprint density at radius 2 is 1.83 bits per heavy atom. The van der Waals surface area contributed by atoms with Gasteiger partial charge in [-0.1, -0.05) is 13.8 Å². The molecule has 4 nitrogen and oxygen atoms in total. The molecule has 1 unspecified atom stereocenters. The number of hydrogen-bond donors (Lipinski definition) is 2. The van der Waals surface area contributed by atoms with Gasteiger partial charge in [-0.15, -0.1) is 0 Å². The molecule has 1 aliphatic heterocycles. The molecule has 0 aromatic carbocycles. The molecule has 0 aromatic heterocycles. The fourth-order valence-electron chi connectivity index (χ4n) is 1.48. The van der Waals surface area contributed by atoms with Crippen molar-refractivity contribution in [1.82, 2.24) is 10.1 Å². The Balaban J connectivity index is 2.71. The molecule has 0 bridgehead atoms. The minimum absolute atomic E-state index is 0.317. The van der Waals surface area contributed by atoms with Gasteiger partial charge < -0.3 is 10.4 Å². The number of piperazine rings is 1. The predicted molar refractivity (Wildman–Crippen MR) is 45.1 cm³/mol. The predicted octanol–water partition coefficient (Wildman–Crippen LogP) is 0.797. The SMILES string of the molecule is CC(C)C1(C)CN(O)CCN1O. The van der Waals surface area contributed by atoms with E-state index < -0.39 is 0 Å². The van der Waals surface area contributed by atoms with Gasteiger partial charge in [0.1, 0.15) is 0 Å². The highest BCUT2D eigenvalue weighted by Crippen LogP contribution is 2.26. The average molecular weight is 174 g/mol. The van der Waals surface area contributed by atoms with Gasteiger partial charge in [0.05, 0.1) is 5.54 Å². The molecule has 0 radical (unpaired) electrons. The smallest absolute Gasteiger partial charge is 0.0605 e. The van der Waals surface area contributed by atoms with Crippen molar-refractivity contribution in [2.24, 2.45) is 5.92 Å². The molecule has 4 heteroatoms. The summed E-state index contributed by atoms with van der Waals surface area (Å²) in [6.45, 7) is 7.57. The molecule has 0 saturated carbocycles. The summed E-state index contributed by atoms with van der Waals surface area (Å²) in [5.41, 5.74) is -0.326. The van der Waals surface area contributed by atoms with Crippen LogP contribution in [0.4, 0.5) is 0 Å². The van der Waals surface area contributed by atoms with Crippen molar-refractivity contribution >= 4 is 0 Å². The topological polar surface area (TPSA) is 46.9 Å². The lowest BCUT2D eigenvalue weighted by molar-refractivity contribution is -0.256. The fraction of sp³-hybridized carbons (Fsp3) is 1.00. The Labute approximate surface area is 73.3 Å². The zero-order valence-electron chi connectivity index (χ0n) is 7.99. The van der Waals surface area contributed by atoms with Crippen LogP contribution in [0.15, 0.2) is 0 Å². The molecular weight excluding hydrogens is 156 g/mol. The van der Waals surface area contributed by atoms with E-state index in [2.05, 4.69) is 0 Å². The summed E-state index contributed by atoms with van der Waals surface area (Å²) < 4.78 is 0. The van der Waals surface area contributed by atoms with Gasteiger partial charge in [-0.2, -0.15) is 10.1 Å². The quantitative estimate of drug-likeness (QED) is 0.617. The molecule has 72 valence electrons. The molecule has 1 aliphatic rings. The van der Waals surface area contributed by atoms with Crippen LogP contribution in [0, 0.1) is 5.92 Å². The van der Waals surface area contributed by atoms with Gasteiger partial charge in [-0.05, 0) is 12.8 Å². The van der Waals surface area contributed by atoms with Crippen molar-refractivity contribution in [3.63, 3.8) is 0 Å². The highest BCUT2D eigenvalue weighted by atomic mass is 16.5. The van der Waals surface area contributed by atoms with Crippen LogP contribution in [0.2, 0.25) is 0 Å². The van der Waals surface area contributed by atoms with E-state index in [0.717, 1.165) is 0 Å². The summed E-state index contributed by atoms with van der Waals surface area (Å²) in [5.74, 6) is 0.317. The van der Waals surface area contributed by atoms with Gasteiger partial charge in [0.2, 0.25) is 0 Å². The third-order valence-corrected chi connectivity index (χ3v) is 2.91. The molecule has 1 atom stereocenters. The first-order valence-electron chi connectivity index (χ1n) is 4.37. The van der Waals surface area contributed by atoms with E-state index in [1.807, 2.05) is 20.8 Å². The lowest BCUT2D eigenvalue weighted by atomic mass is 9.86. The molecule has 1 rings (SSSR count). The average Bonchev–Trinajstić information content (AvgIpc) is 1.97. The van der Waals surface area contributed by atoms with E-state index in [-0.39, 0.29) is 5.54 Å². The highest BCUT2D eigenvalue weighted by Gasteiger charge is 2.39. The summed E-state index contributed by atoms with van der Waals surface area (Å²) in [7, 11) is 0. The standard InChI is InChI=1S/C8H18N2O2/c1-7(2)8(3)6-9(11)4-5-10(8)12/h7,11-12H,4-6H2,1-3H3. The van der Waals surface area contributed by atoms with Crippen LogP contribution in [0.25, 0.3) is 0 Å². The lowest BCUT2D eigenvalue weighted by Crippen LogP contribution is -2.61.